The minimum Gasteiger partial charge on any atom is -0.459 e. The minimum absolute atomic E-state index is 0.0904. The van der Waals surface area contributed by atoms with Gasteiger partial charge in [-0.2, -0.15) is 0 Å². The van der Waals surface area contributed by atoms with E-state index in [0.29, 0.717) is 30.3 Å². The van der Waals surface area contributed by atoms with Gasteiger partial charge in [0.2, 0.25) is 0 Å². The van der Waals surface area contributed by atoms with Gasteiger partial charge in [0.05, 0.1) is 17.8 Å². The van der Waals surface area contributed by atoms with Crippen LogP contribution >= 0.6 is 0 Å². The lowest BCUT2D eigenvalue weighted by Gasteiger charge is -2.49. The molecule has 0 spiro atoms. The third-order valence-electron chi connectivity index (χ3n) is 7.86. The van der Waals surface area contributed by atoms with E-state index >= 15 is 0 Å². The average molecular weight is 379 g/mol. The number of esters is 1. The molecule has 1 saturated carbocycles. The van der Waals surface area contributed by atoms with Crippen molar-refractivity contribution in [3.63, 3.8) is 0 Å². The molecule has 4 fully saturated rings. The molecule has 3 heterocycles. The van der Waals surface area contributed by atoms with Crippen LogP contribution in [0.2, 0.25) is 0 Å². The van der Waals surface area contributed by atoms with Gasteiger partial charge >= 0.3 is 5.97 Å². The van der Waals surface area contributed by atoms with E-state index in [1.54, 1.807) is 0 Å². The Morgan fingerprint density at radius 2 is 2.00 bits per heavy atom. The van der Waals surface area contributed by atoms with E-state index in [1.807, 2.05) is 0 Å². The second-order valence-electron chi connectivity index (χ2n) is 10.1. The van der Waals surface area contributed by atoms with Crippen molar-refractivity contribution < 1.29 is 24.1 Å². The highest BCUT2D eigenvalue weighted by molar-refractivity contribution is 5.66. The summed E-state index contributed by atoms with van der Waals surface area (Å²) in [6.07, 6.45) is 3.52. The highest BCUT2D eigenvalue weighted by Gasteiger charge is 2.67. The Hall–Kier alpha value is -0.910. The van der Waals surface area contributed by atoms with Crippen molar-refractivity contribution in [3.8, 4) is 0 Å². The molecule has 152 valence electrons. The fraction of sp³-hybridized carbons (Fsp3) is 0.864. The fourth-order valence-corrected chi connectivity index (χ4v) is 6.61. The average Bonchev–Trinajstić information content (AvgIpc) is 3.08. The van der Waals surface area contributed by atoms with Gasteiger partial charge in [-0.15, -0.1) is 0 Å². The van der Waals surface area contributed by atoms with Gasteiger partial charge in [0.1, 0.15) is 5.60 Å². The van der Waals surface area contributed by atoms with E-state index in [4.69, 9.17) is 14.2 Å². The molecule has 0 aromatic rings. The third-order valence-corrected chi connectivity index (χ3v) is 7.86. The molecule has 1 unspecified atom stereocenters. The Morgan fingerprint density at radius 1 is 1.30 bits per heavy atom. The Bertz CT molecular complexity index is 659. The van der Waals surface area contributed by atoms with E-state index in [-0.39, 0.29) is 30.0 Å². The molecule has 3 aliphatic heterocycles. The van der Waals surface area contributed by atoms with Crippen molar-refractivity contribution >= 4 is 5.97 Å². The maximum atomic E-state index is 11.9. The molecular formula is C22H34O5. The lowest BCUT2D eigenvalue weighted by Crippen LogP contribution is -2.55. The summed E-state index contributed by atoms with van der Waals surface area (Å²) < 4.78 is 18.9. The zero-order valence-corrected chi connectivity index (χ0v) is 17.3. The van der Waals surface area contributed by atoms with Gasteiger partial charge in [0, 0.05) is 25.2 Å². The summed E-state index contributed by atoms with van der Waals surface area (Å²) in [5, 5.41) is 11.0. The lowest BCUT2D eigenvalue weighted by atomic mass is 9.58. The topological polar surface area (TPSA) is 65.0 Å². The molecule has 4 aliphatic rings. The van der Waals surface area contributed by atoms with E-state index in [2.05, 4.69) is 34.3 Å². The Morgan fingerprint density at radius 3 is 2.63 bits per heavy atom. The van der Waals surface area contributed by atoms with Crippen LogP contribution in [0.1, 0.15) is 66.7 Å². The van der Waals surface area contributed by atoms with E-state index < -0.39 is 17.0 Å². The second kappa shape index (κ2) is 6.04. The van der Waals surface area contributed by atoms with Crippen LogP contribution in [-0.2, 0) is 19.0 Å². The number of carbonyl (C=O) groups is 1. The third kappa shape index (κ3) is 2.80. The first-order chi connectivity index (χ1) is 12.5. The lowest BCUT2D eigenvalue weighted by molar-refractivity contribution is -0.241. The monoisotopic (exact) mass is 378 g/mol. The van der Waals surface area contributed by atoms with Crippen LogP contribution in [0.4, 0.5) is 0 Å². The van der Waals surface area contributed by atoms with Crippen molar-refractivity contribution in [2.45, 2.75) is 95.9 Å². The molecule has 4 rings (SSSR count). The molecular weight excluding hydrogens is 344 g/mol. The largest absolute Gasteiger partial charge is 0.459 e. The Labute approximate surface area is 162 Å². The summed E-state index contributed by atoms with van der Waals surface area (Å²) in [5.41, 5.74) is -0.408. The maximum absolute atomic E-state index is 11.9. The van der Waals surface area contributed by atoms with Gasteiger partial charge in [-0.25, -0.2) is 0 Å². The highest BCUT2D eigenvalue weighted by atomic mass is 16.7. The van der Waals surface area contributed by atoms with Crippen molar-refractivity contribution in [2.24, 2.45) is 23.7 Å². The fourth-order valence-electron chi connectivity index (χ4n) is 6.61. The van der Waals surface area contributed by atoms with Crippen LogP contribution < -0.4 is 0 Å². The van der Waals surface area contributed by atoms with Crippen LogP contribution in [-0.4, -0.2) is 40.3 Å². The second-order valence-corrected chi connectivity index (χ2v) is 10.1. The summed E-state index contributed by atoms with van der Waals surface area (Å²) >= 11 is 0. The predicted molar refractivity (Wildman–Crippen MR) is 101 cm³/mol. The molecule has 1 N–H and O–H groups in total. The molecule has 5 heteroatoms. The number of carbonyl (C=O) groups excluding carboxylic acids is 1. The summed E-state index contributed by atoms with van der Waals surface area (Å²) in [4.78, 5) is 11.9. The first-order valence-electron chi connectivity index (χ1n) is 10.4. The van der Waals surface area contributed by atoms with Crippen LogP contribution in [0.25, 0.3) is 0 Å². The molecule has 3 saturated heterocycles. The number of aliphatic hydroxyl groups is 1. The van der Waals surface area contributed by atoms with Crippen LogP contribution in [0.5, 0.6) is 0 Å². The summed E-state index contributed by atoms with van der Waals surface area (Å²) in [6.45, 7) is 14.3. The number of hydrogen-bond acceptors (Lipinski definition) is 5. The van der Waals surface area contributed by atoms with Crippen LogP contribution in [0, 0.1) is 23.7 Å². The van der Waals surface area contributed by atoms with E-state index in [9.17, 15) is 9.90 Å². The van der Waals surface area contributed by atoms with Gasteiger partial charge in [0.15, 0.2) is 5.79 Å². The zero-order valence-electron chi connectivity index (χ0n) is 17.3. The quantitative estimate of drug-likeness (QED) is 0.588. The number of fused-ring (bicyclic) bond motifs is 8. The van der Waals surface area contributed by atoms with Gasteiger partial charge < -0.3 is 19.3 Å². The number of hydrogen-bond donors (Lipinski definition) is 1. The summed E-state index contributed by atoms with van der Waals surface area (Å²) in [7, 11) is 0. The molecule has 0 aromatic heterocycles. The van der Waals surface area contributed by atoms with Gasteiger partial charge in [0.25, 0.3) is 0 Å². The minimum atomic E-state index is -1.26. The molecule has 0 radical (unpaired) electrons. The van der Waals surface area contributed by atoms with Gasteiger partial charge in [-0.3, -0.25) is 4.79 Å². The molecule has 27 heavy (non-hydrogen) atoms. The van der Waals surface area contributed by atoms with Crippen molar-refractivity contribution in [1.82, 2.24) is 0 Å². The van der Waals surface area contributed by atoms with Crippen LogP contribution in [0.3, 0.4) is 0 Å². The van der Waals surface area contributed by atoms with Gasteiger partial charge in [-0.1, -0.05) is 20.4 Å². The summed E-state index contributed by atoms with van der Waals surface area (Å²) in [6, 6.07) is 0. The first kappa shape index (κ1) is 19.4. The molecule has 1 aliphatic carbocycles. The standard InChI is InChI=1S/C22H34O5/c1-12(2)15-7-8-20(5,26-14(4)23)18-16-11-13(3)22(24)10-9-21(6,27-22)19(25-16)17(15)18/h12,15-19,24H,3,7-11H2,1-2,4-6H3/t15-,16-,17-,18-,19-,20-,21?,22+/m1/s1. The maximum Gasteiger partial charge on any atom is 0.303 e. The molecule has 5 nitrogen and oxygen atoms in total. The van der Waals surface area contributed by atoms with Gasteiger partial charge in [-0.05, 0) is 56.9 Å². The van der Waals surface area contributed by atoms with Crippen LogP contribution in [0.15, 0.2) is 12.2 Å². The smallest absolute Gasteiger partial charge is 0.303 e. The van der Waals surface area contributed by atoms with Crippen molar-refractivity contribution in [1.29, 1.82) is 0 Å². The first-order valence-corrected chi connectivity index (χ1v) is 10.4. The molecule has 0 aromatic carbocycles. The SMILES string of the molecule is C=C1C[C@H]2O[C@H]([C@H]3[C@@H]2[C@](C)(OC(C)=O)CC[C@@H]3C(C)C)C2(C)CC[C@]1(O)O2. The normalized spacial score (nSPS) is 51.7. The Kier molecular flexibility index (Phi) is 4.34. The molecule has 0 amide bonds. The molecule has 8 atom stereocenters. The predicted octanol–water partition coefficient (Wildman–Crippen LogP) is 3.59. The molecule has 4 bridgehead atoms. The summed E-state index contributed by atoms with van der Waals surface area (Å²) in [5.74, 6) is -0.170. The Balaban J connectivity index is 1.81. The zero-order chi connectivity index (χ0) is 19.8. The number of ether oxygens (including phenoxy) is 3. The van der Waals surface area contributed by atoms with E-state index in [1.165, 1.54) is 6.92 Å². The number of rotatable bonds is 2. The van der Waals surface area contributed by atoms with Crippen molar-refractivity contribution in [3.05, 3.63) is 12.2 Å². The van der Waals surface area contributed by atoms with E-state index in [0.717, 1.165) is 19.3 Å². The highest BCUT2D eigenvalue weighted by Crippen LogP contribution is 2.61. The van der Waals surface area contributed by atoms with Crippen molar-refractivity contribution in [2.75, 3.05) is 0 Å².